The zero-order valence-corrected chi connectivity index (χ0v) is 12.2. The lowest BCUT2D eigenvalue weighted by atomic mass is 10.1. The second kappa shape index (κ2) is 6.31. The smallest absolute Gasteiger partial charge is 0.339 e. The molecule has 0 fully saturated rings. The standard InChI is InChI=1S/C17H19NO3/c1-12-3-5-13(6-4-12)9-10-18(2)14-7-8-16(19)15(11-14)17(20)21/h3-8,11,19H,9-10H2,1-2H3,(H,20,21). The molecule has 21 heavy (non-hydrogen) atoms. The van der Waals surface area contributed by atoms with Crippen molar-refractivity contribution in [3.63, 3.8) is 0 Å². The fourth-order valence-corrected chi connectivity index (χ4v) is 2.11. The van der Waals surface area contributed by atoms with Gasteiger partial charge in [-0.2, -0.15) is 0 Å². The second-order valence-electron chi connectivity index (χ2n) is 5.16. The first-order valence-electron chi connectivity index (χ1n) is 6.80. The van der Waals surface area contributed by atoms with Gasteiger partial charge >= 0.3 is 5.97 Å². The zero-order chi connectivity index (χ0) is 15.4. The third-order valence-corrected chi connectivity index (χ3v) is 3.51. The molecule has 2 rings (SSSR count). The summed E-state index contributed by atoms with van der Waals surface area (Å²) >= 11 is 0. The van der Waals surface area contributed by atoms with E-state index in [0.717, 1.165) is 18.7 Å². The number of aryl methyl sites for hydroxylation is 1. The largest absolute Gasteiger partial charge is 0.507 e. The summed E-state index contributed by atoms with van der Waals surface area (Å²) in [6.07, 6.45) is 0.875. The summed E-state index contributed by atoms with van der Waals surface area (Å²) in [5.41, 5.74) is 3.17. The highest BCUT2D eigenvalue weighted by Gasteiger charge is 2.12. The number of likely N-dealkylation sites (N-methyl/N-ethyl adjacent to an activating group) is 1. The van der Waals surface area contributed by atoms with Gasteiger partial charge in [0.2, 0.25) is 0 Å². The lowest BCUT2D eigenvalue weighted by Crippen LogP contribution is -2.20. The molecule has 0 amide bonds. The molecule has 0 aromatic heterocycles. The highest BCUT2D eigenvalue weighted by atomic mass is 16.4. The van der Waals surface area contributed by atoms with Crippen LogP contribution in [-0.4, -0.2) is 29.8 Å². The monoisotopic (exact) mass is 285 g/mol. The molecular weight excluding hydrogens is 266 g/mol. The number of aromatic hydroxyl groups is 1. The van der Waals surface area contributed by atoms with Crippen molar-refractivity contribution in [3.8, 4) is 5.75 Å². The molecule has 0 unspecified atom stereocenters. The number of hydrogen-bond donors (Lipinski definition) is 2. The predicted octanol–water partition coefficient (Wildman–Crippen LogP) is 3.08. The molecule has 0 heterocycles. The lowest BCUT2D eigenvalue weighted by Gasteiger charge is -2.20. The van der Waals surface area contributed by atoms with Crippen LogP contribution in [0.15, 0.2) is 42.5 Å². The highest BCUT2D eigenvalue weighted by molar-refractivity contribution is 5.92. The van der Waals surface area contributed by atoms with Crippen molar-refractivity contribution >= 4 is 11.7 Å². The van der Waals surface area contributed by atoms with E-state index in [1.54, 1.807) is 6.07 Å². The summed E-state index contributed by atoms with van der Waals surface area (Å²) in [7, 11) is 1.91. The van der Waals surface area contributed by atoms with E-state index in [1.807, 2.05) is 11.9 Å². The van der Waals surface area contributed by atoms with Crippen molar-refractivity contribution < 1.29 is 15.0 Å². The van der Waals surface area contributed by atoms with Crippen molar-refractivity contribution in [2.75, 3.05) is 18.5 Å². The Morgan fingerprint density at radius 2 is 1.81 bits per heavy atom. The zero-order valence-electron chi connectivity index (χ0n) is 12.2. The van der Waals surface area contributed by atoms with E-state index in [1.165, 1.54) is 23.3 Å². The third kappa shape index (κ3) is 3.75. The van der Waals surface area contributed by atoms with Gasteiger partial charge in [0.25, 0.3) is 0 Å². The first kappa shape index (κ1) is 14.9. The summed E-state index contributed by atoms with van der Waals surface area (Å²) in [5.74, 6) is -1.33. The van der Waals surface area contributed by atoms with Crippen LogP contribution < -0.4 is 4.90 Å². The summed E-state index contributed by atoms with van der Waals surface area (Å²) < 4.78 is 0. The maximum atomic E-state index is 11.0. The minimum atomic E-state index is -1.12. The van der Waals surface area contributed by atoms with Crippen LogP contribution in [0.1, 0.15) is 21.5 Å². The molecule has 0 bridgehead atoms. The van der Waals surface area contributed by atoms with Crippen molar-refractivity contribution in [1.82, 2.24) is 0 Å². The summed E-state index contributed by atoms with van der Waals surface area (Å²) in [4.78, 5) is 13.0. The molecule has 0 atom stereocenters. The Morgan fingerprint density at radius 1 is 1.14 bits per heavy atom. The van der Waals surface area contributed by atoms with Crippen molar-refractivity contribution in [2.24, 2.45) is 0 Å². The van der Waals surface area contributed by atoms with Crippen LogP contribution in [0.2, 0.25) is 0 Å². The maximum Gasteiger partial charge on any atom is 0.339 e. The number of rotatable bonds is 5. The number of phenols is 1. The molecule has 0 spiro atoms. The normalized spacial score (nSPS) is 10.4. The van der Waals surface area contributed by atoms with Crippen molar-refractivity contribution in [3.05, 3.63) is 59.2 Å². The number of benzene rings is 2. The first-order valence-corrected chi connectivity index (χ1v) is 6.80. The number of hydrogen-bond acceptors (Lipinski definition) is 3. The molecule has 2 aromatic rings. The van der Waals surface area contributed by atoms with E-state index in [2.05, 4.69) is 31.2 Å². The van der Waals surface area contributed by atoms with Gasteiger partial charge in [0, 0.05) is 19.3 Å². The van der Waals surface area contributed by atoms with Crippen LogP contribution in [0.5, 0.6) is 5.75 Å². The van der Waals surface area contributed by atoms with Crippen molar-refractivity contribution in [1.29, 1.82) is 0 Å². The molecule has 2 aromatic carbocycles. The molecule has 0 radical (unpaired) electrons. The number of carboxylic acid groups (broad SMARTS) is 1. The summed E-state index contributed by atoms with van der Waals surface area (Å²) in [6.45, 7) is 2.83. The van der Waals surface area contributed by atoms with Crippen LogP contribution in [0.3, 0.4) is 0 Å². The van der Waals surface area contributed by atoms with E-state index in [4.69, 9.17) is 5.11 Å². The van der Waals surface area contributed by atoms with Gasteiger partial charge in [-0.05, 0) is 37.1 Å². The topological polar surface area (TPSA) is 60.8 Å². The number of carbonyl (C=O) groups is 1. The molecule has 4 heteroatoms. The van der Waals surface area contributed by atoms with E-state index in [0.29, 0.717) is 0 Å². The fraction of sp³-hybridized carbons (Fsp3) is 0.235. The van der Waals surface area contributed by atoms with Gasteiger partial charge in [-0.3, -0.25) is 0 Å². The molecule has 110 valence electrons. The van der Waals surface area contributed by atoms with E-state index < -0.39 is 5.97 Å². The first-order chi connectivity index (χ1) is 9.97. The van der Waals surface area contributed by atoms with Crippen LogP contribution in [0.4, 0.5) is 5.69 Å². The Hall–Kier alpha value is -2.49. The van der Waals surface area contributed by atoms with Crippen LogP contribution in [-0.2, 0) is 6.42 Å². The quantitative estimate of drug-likeness (QED) is 0.886. The fourth-order valence-electron chi connectivity index (χ4n) is 2.11. The number of carboxylic acids is 1. The molecule has 4 nitrogen and oxygen atoms in total. The van der Waals surface area contributed by atoms with Gasteiger partial charge < -0.3 is 15.1 Å². The van der Waals surface area contributed by atoms with Gasteiger partial charge in [0.1, 0.15) is 11.3 Å². The summed E-state index contributed by atoms with van der Waals surface area (Å²) in [5, 5.41) is 18.5. The van der Waals surface area contributed by atoms with E-state index in [-0.39, 0.29) is 11.3 Å². The molecule has 0 aliphatic heterocycles. The molecule has 0 saturated heterocycles. The number of anilines is 1. The van der Waals surface area contributed by atoms with Gasteiger partial charge in [-0.1, -0.05) is 29.8 Å². The predicted molar refractivity (Wildman–Crippen MR) is 83.2 cm³/mol. The van der Waals surface area contributed by atoms with Crippen molar-refractivity contribution in [2.45, 2.75) is 13.3 Å². The number of nitrogens with zero attached hydrogens (tertiary/aromatic N) is 1. The Balaban J connectivity index is 2.06. The molecule has 2 N–H and O–H groups in total. The second-order valence-corrected chi connectivity index (χ2v) is 5.16. The third-order valence-electron chi connectivity index (χ3n) is 3.51. The summed E-state index contributed by atoms with van der Waals surface area (Å²) in [6, 6.07) is 13.0. The average Bonchev–Trinajstić information content (AvgIpc) is 2.46. The SMILES string of the molecule is Cc1ccc(CCN(C)c2ccc(O)c(C(=O)O)c2)cc1. The van der Waals surface area contributed by atoms with E-state index >= 15 is 0 Å². The Kier molecular flexibility index (Phi) is 4.48. The average molecular weight is 285 g/mol. The maximum absolute atomic E-state index is 11.0. The van der Waals surface area contributed by atoms with Gasteiger partial charge in [-0.15, -0.1) is 0 Å². The van der Waals surface area contributed by atoms with Gasteiger partial charge in [0.15, 0.2) is 0 Å². The lowest BCUT2D eigenvalue weighted by molar-refractivity contribution is 0.0694. The Labute approximate surface area is 124 Å². The minimum absolute atomic E-state index is 0.0744. The van der Waals surface area contributed by atoms with Crippen LogP contribution in [0.25, 0.3) is 0 Å². The van der Waals surface area contributed by atoms with Crippen LogP contribution >= 0.6 is 0 Å². The van der Waals surface area contributed by atoms with Crippen LogP contribution in [0, 0.1) is 6.92 Å². The molecule has 0 aliphatic rings. The van der Waals surface area contributed by atoms with Gasteiger partial charge in [0.05, 0.1) is 0 Å². The highest BCUT2D eigenvalue weighted by Crippen LogP contribution is 2.23. The number of aromatic carboxylic acids is 1. The Morgan fingerprint density at radius 3 is 2.43 bits per heavy atom. The molecule has 0 saturated carbocycles. The minimum Gasteiger partial charge on any atom is -0.507 e. The molecular formula is C17H19NO3. The Bertz CT molecular complexity index is 635. The van der Waals surface area contributed by atoms with Gasteiger partial charge in [-0.25, -0.2) is 4.79 Å². The molecule has 0 aliphatic carbocycles. The van der Waals surface area contributed by atoms with E-state index in [9.17, 15) is 9.90 Å².